The molecule has 100 valence electrons. The summed E-state index contributed by atoms with van der Waals surface area (Å²) < 4.78 is 0.776. The largest absolute Gasteiger partial charge is 0.391 e. The molecule has 0 saturated carbocycles. The summed E-state index contributed by atoms with van der Waals surface area (Å²) in [5.41, 5.74) is 1.69. The van der Waals surface area contributed by atoms with Crippen molar-refractivity contribution in [3.63, 3.8) is 0 Å². The predicted molar refractivity (Wildman–Crippen MR) is 76.7 cm³/mol. The minimum absolute atomic E-state index is 0.162. The summed E-state index contributed by atoms with van der Waals surface area (Å²) in [6.07, 6.45) is 0.202. The van der Waals surface area contributed by atoms with Crippen LogP contribution in [0.4, 0.5) is 0 Å². The Bertz CT molecular complexity index is 418. The molecule has 0 aliphatic heterocycles. The Morgan fingerprint density at radius 1 is 1.44 bits per heavy atom. The summed E-state index contributed by atoms with van der Waals surface area (Å²) in [7, 11) is 0. The molecule has 1 atom stereocenters. The number of hydrogen-bond donors (Lipinski definition) is 2. The van der Waals surface area contributed by atoms with Crippen LogP contribution in [0.5, 0.6) is 0 Å². The number of nitrogens with one attached hydrogen (secondary N) is 1. The molecule has 2 N–H and O–H groups in total. The van der Waals surface area contributed by atoms with Gasteiger partial charge in [-0.2, -0.15) is 0 Å². The molecule has 1 amide bonds. The van der Waals surface area contributed by atoms with Crippen LogP contribution in [-0.2, 0) is 0 Å². The standard InChI is InChI=1S/C14H20BrNO2/c1-9(2)6-11(17)8-16-14(18)12-5-4-10(3)7-13(12)15/h4-5,7,9,11,17H,6,8H2,1-3H3,(H,16,18). The van der Waals surface area contributed by atoms with Crippen LogP contribution in [0.1, 0.15) is 36.2 Å². The first-order valence-corrected chi connectivity index (χ1v) is 6.92. The van der Waals surface area contributed by atoms with Crippen LogP contribution in [0, 0.1) is 12.8 Å². The van der Waals surface area contributed by atoms with Gasteiger partial charge in [0.25, 0.3) is 5.91 Å². The van der Waals surface area contributed by atoms with Gasteiger partial charge in [0.15, 0.2) is 0 Å². The summed E-state index contributed by atoms with van der Waals surface area (Å²) in [4.78, 5) is 11.9. The zero-order valence-electron chi connectivity index (χ0n) is 11.0. The number of aryl methyl sites for hydroxylation is 1. The van der Waals surface area contributed by atoms with Crippen molar-refractivity contribution in [1.82, 2.24) is 5.32 Å². The maximum Gasteiger partial charge on any atom is 0.252 e. The van der Waals surface area contributed by atoms with E-state index in [9.17, 15) is 9.90 Å². The first-order chi connectivity index (χ1) is 8.40. The third-order valence-electron chi connectivity index (χ3n) is 2.61. The van der Waals surface area contributed by atoms with Crippen molar-refractivity contribution in [2.75, 3.05) is 6.54 Å². The normalized spacial score (nSPS) is 12.6. The van der Waals surface area contributed by atoms with Gasteiger partial charge in [-0.15, -0.1) is 0 Å². The van der Waals surface area contributed by atoms with Crippen molar-refractivity contribution in [3.05, 3.63) is 33.8 Å². The Morgan fingerprint density at radius 3 is 2.67 bits per heavy atom. The summed E-state index contributed by atoms with van der Waals surface area (Å²) >= 11 is 3.37. The lowest BCUT2D eigenvalue weighted by Crippen LogP contribution is -2.32. The molecular formula is C14H20BrNO2. The Hall–Kier alpha value is -0.870. The fraction of sp³-hybridized carbons (Fsp3) is 0.500. The SMILES string of the molecule is Cc1ccc(C(=O)NCC(O)CC(C)C)c(Br)c1. The van der Waals surface area contributed by atoms with Crippen LogP contribution < -0.4 is 5.32 Å². The number of rotatable bonds is 5. The van der Waals surface area contributed by atoms with Crippen molar-refractivity contribution in [3.8, 4) is 0 Å². The molecule has 1 aromatic rings. The summed E-state index contributed by atoms with van der Waals surface area (Å²) in [5.74, 6) is 0.257. The summed E-state index contributed by atoms with van der Waals surface area (Å²) in [6, 6.07) is 5.58. The zero-order valence-corrected chi connectivity index (χ0v) is 12.6. The molecular weight excluding hydrogens is 294 g/mol. The highest BCUT2D eigenvalue weighted by Gasteiger charge is 2.12. The lowest BCUT2D eigenvalue weighted by Gasteiger charge is -2.14. The third-order valence-corrected chi connectivity index (χ3v) is 3.27. The highest BCUT2D eigenvalue weighted by atomic mass is 79.9. The monoisotopic (exact) mass is 313 g/mol. The number of amides is 1. The second kappa shape index (κ2) is 6.90. The van der Waals surface area contributed by atoms with Crippen molar-refractivity contribution >= 4 is 21.8 Å². The number of benzene rings is 1. The maximum atomic E-state index is 11.9. The maximum absolute atomic E-state index is 11.9. The minimum Gasteiger partial charge on any atom is -0.391 e. The van der Waals surface area contributed by atoms with Crippen LogP contribution in [0.15, 0.2) is 22.7 Å². The summed E-state index contributed by atoms with van der Waals surface area (Å²) in [5, 5.41) is 12.4. The van der Waals surface area contributed by atoms with Gasteiger partial charge >= 0.3 is 0 Å². The zero-order chi connectivity index (χ0) is 13.7. The smallest absolute Gasteiger partial charge is 0.252 e. The van der Waals surface area contributed by atoms with E-state index in [0.717, 1.165) is 10.0 Å². The van der Waals surface area contributed by atoms with Crippen LogP contribution in [0.2, 0.25) is 0 Å². The molecule has 4 heteroatoms. The Labute approximate surface area is 117 Å². The van der Waals surface area contributed by atoms with E-state index >= 15 is 0 Å². The Kier molecular flexibility index (Phi) is 5.82. The molecule has 0 aliphatic rings. The van der Waals surface area contributed by atoms with Crippen molar-refractivity contribution in [2.24, 2.45) is 5.92 Å². The average molecular weight is 314 g/mol. The Morgan fingerprint density at radius 2 is 2.11 bits per heavy atom. The lowest BCUT2D eigenvalue weighted by molar-refractivity contribution is 0.0899. The number of carbonyl (C=O) groups excluding carboxylic acids is 1. The topological polar surface area (TPSA) is 49.3 Å². The van der Waals surface area contributed by atoms with E-state index in [1.807, 2.05) is 32.9 Å². The molecule has 18 heavy (non-hydrogen) atoms. The van der Waals surface area contributed by atoms with Gasteiger partial charge in [0.2, 0.25) is 0 Å². The molecule has 0 fully saturated rings. The second-order valence-corrected chi connectivity index (χ2v) is 5.83. The highest BCUT2D eigenvalue weighted by Crippen LogP contribution is 2.18. The van der Waals surface area contributed by atoms with E-state index in [4.69, 9.17) is 0 Å². The molecule has 0 radical (unpaired) electrons. The molecule has 0 aliphatic carbocycles. The van der Waals surface area contributed by atoms with Gasteiger partial charge in [0.05, 0.1) is 11.7 Å². The van der Waals surface area contributed by atoms with E-state index in [-0.39, 0.29) is 12.5 Å². The quantitative estimate of drug-likeness (QED) is 0.878. The molecule has 1 unspecified atom stereocenters. The molecule has 0 saturated heterocycles. The van der Waals surface area contributed by atoms with Gasteiger partial charge in [-0.25, -0.2) is 0 Å². The fourth-order valence-electron chi connectivity index (χ4n) is 1.74. The molecule has 1 rings (SSSR count). The van der Waals surface area contributed by atoms with E-state index in [1.165, 1.54) is 0 Å². The second-order valence-electron chi connectivity index (χ2n) is 4.98. The Balaban J connectivity index is 2.55. The highest BCUT2D eigenvalue weighted by molar-refractivity contribution is 9.10. The molecule has 1 aromatic carbocycles. The van der Waals surface area contributed by atoms with Crippen LogP contribution in [0.25, 0.3) is 0 Å². The molecule has 0 heterocycles. The number of carbonyl (C=O) groups is 1. The molecule has 0 spiro atoms. The summed E-state index contributed by atoms with van der Waals surface area (Å²) in [6.45, 7) is 6.35. The lowest BCUT2D eigenvalue weighted by atomic mass is 10.1. The molecule has 3 nitrogen and oxygen atoms in total. The van der Waals surface area contributed by atoms with Gasteiger partial charge < -0.3 is 10.4 Å². The number of aliphatic hydroxyl groups excluding tert-OH is 1. The van der Waals surface area contributed by atoms with Crippen molar-refractivity contribution in [1.29, 1.82) is 0 Å². The van der Waals surface area contributed by atoms with Gasteiger partial charge in [-0.1, -0.05) is 19.9 Å². The van der Waals surface area contributed by atoms with Gasteiger partial charge in [0, 0.05) is 11.0 Å². The predicted octanol–water partition coefficient (Wildman–Crippen LogP) is 2.89. The van der Waals surface area contributed by atoms with E-state index in [0.29, 0.717) is 17.9 Å². The van der Waals surface area contributed by atoms with Gasteiger partial charge in [-0.3, -0.25) is 4.79 Å². The van der Waals surface area contributed by atoms with Crippen LogP contribution >= 0.6 is 15.9 Å². The van der Waals surface area contributed by atoms with Crippen molar-refractivity contribution in [2.45, 2.75) is 33.3 Å². The number of aliphatic hydroxyl groups is 1. The molecule has 0 aromatic heterocycles. The van der Waals surface area contributed by atoms with E-state index < -0.39 is 6.10 Å². The number of halogens is 1. The fourth-order valence-corrected chi connectivity index (χ4v) is 2.41. The van der Waals surface area contributed by atoms with Crippen LogP contribution in [0.3, 0.4) is 0 Å². The number of hydrogen-bond acceptors (Lipinski definition) is 2. The van der Waals surface area contributed by atoms with Crippen molar-refractivity contribution < 1.29 is 9.90 Å². The van der Waals surface area contributed by atoms with Crippen LogP contribution in [-0.4, -0.2) is 23.7 Å². The van der Waals surface area contributed by atoms with Gasteiger partial charge in [-0.05, 0) is 52.9 Å². The minimum atomic E-state index is -0.488. The van der Waals surface area contributed by atoms with Gasteiger partial charge in [0.1, 0.15) is 0 Å². The molecule has 0 bridgehead atoms. The first-order valence-electron chi connectivity index (χ1n) is 6.12. The van der Waals surface area contributed by atoms with E-state index in [1.54, 1.807) is 6.07 Å². The third kappa shape index (κ3) is 4.78. The average Bonchev–Trinajstić information content (AvgIpc) is 2.25. The van der Waals surface area contributed by atoms with E-state index in [2.05, 4.69) is 21.2 Å². The first kappa shape index (κ1) is 15.2.